The van der Waals surface area contributed by atoms with Crippen LogP contribution in [-0.2, 0) is 25.0 Å². The lowest BCUT2D eigenvalue weighted by Gasteiger charge is -2.40. The minimum Gasteiger partial charge on any atom is -0.392 e. The molecule has 150 valence electrons. The van der Waals surface area contributed by atoms with Gasteiger partial charge in [0.05, 0.1) is 17.1 Å². The summed E-state index contributed by atoms with van der Waals surface area (Å²) < 4.78 is 32.6. The first-order valence-electron chi connectivity index (χ1n) is 9.16. The summed E-state index contributed by atoms with van der Waals surface area (Å²) in [5.74, 6) is -0.269. The Hall–Kier alpha value is -1.48. The van der Waals surface area contributed by atoms with Crippen molar-refractivity contribution >= 4 is 15.9 Å². The van der Waals surface area contributed by atoms with Gasteiger partial charge in [0.1, 0.15) is 6.04 Å². The Balaban J connectivity index is 1.82. The van der Waals surface area contributed by atoms with Crippen molar-refractivity contribution in [3.8, 4) is 0 Å². The van der Waals surface area contributed by atoms with E-state index in [1.165, 1.54) is 0 Å². The van der Waals surface area contributed by atoms with Crippen LogP contribution in [0.15, 0.2) is 29.2 Å². The van der Waals surface area contributed by atoms with E-state index in [1.807, 2.05) is 0 Å². The van der Waals surface area contributed by atoms with E-state index < -0.39 is 22.2 Å². The average Bonchev–Trinajstić information content (AvgIpc) is 2.96. The van der Waals surface area contributed by atoms with Crippen LogP contribution in [0.25, 0.3) is 0 Å². The van der Waals surface area contributed by atoms with Crippen molar-refractivity contribution in [1.29, 1.82) is 0 Å². The predicted molar refractivity (Wildman–Crippen MR) is 101 cm³/mol. The van der Waals surface area contributed by atoms with E-state index in [2.05, 4.69) is 20.8 Å². The number of likely N-dealkylation sites (tertiary alicyclic amines) is 1. The fourth-order valence-corrected chi connectivity index (χ4v) is 5.15. The van der Waals surface area contributed by atoms with E-state index in [9.17, 15) is 18.3 Å². The van der Waals surface area contributed by atoms with Gasteiger partial charge in [-0.05, 0) is 23.1 Å². The normalized spacial score (nSPS) is 24.9. The molecule has 0 aromatic heterocycles. The van der Waals surface area contributed by atoms with Gasteiger partial charge in [0, 0.05) is 33.2 Å². The maximum absolute atomic E-state index is 13.1. The molecular formula is C19H28N2O5S. The highest BCUT2D eigenvalue weighted by molar-refractivity contribution is 7.89. The number of sulfonamides is 1. The summed E-state index contributed by atoms with van der Waals surface area (Å²) in [6.45, 7) is 7.01. The Morgan fingerprint density at radius 1 is 1.15 bits per heavy atom. The molecule has 0 spiro atoms. The van der Waals surface area contributed by atoms with Gasteiger partial charge < -0.3 is 14.7 Å². The molecule has 1 aromatic carbocycles. The molecule has 0 radical (unpaired) electrons. The molecule has 2 atom stereocenters. The van der Waals surface area contributed by atoms with Crippen molar-refractivity contribution < 1.29 is 23.1 Å². The Labute approximate surface area is 161 Å². The summed E-state index contributed by atoms with van der Waals surface area (Å²) in [6.07, 6.45) is -0.732. The molecule has 2 fully saturated rings. The molecule has 2 aliphatic rings. The zero-order valence-electron chi connectivity index (χ0n) is 16.3. The maximum Gasteiger partial charge on any atom is 0.243 e. The minimum atomic E-state index is -3.87. The molecule has 2 heterocycles. The molecule has 0 saturated carbocycles. The van der Waals surface area contributed by atoms with Gasteiger partial charge in [-0.1, -0.05) is 32.9 Å². The predicted octanol–water partition coefficient (Wildman–Crippen LogP) is 0.965. The topological polar surface area (TPSA) is 87.2 Å². The summed E-state index contributed by atoms with van der Waals surface area (Å²) in [7, 11) is -2.28. The highest BCUT2D eigenvalue weighted by atomic mass is 32.2. The van der Waals surface area contributed by atoms with E-state index in [0.717, 1.165) is 9.87 Å². The van der Waals surface area contributed by atoms with Crippen LogP contribution >= 0.6 is 0 Å². The van der Waals surface area contributed by atoms with E-state index in [-0.39, 0.29) is 35.3 Å². The third-order valence-corrected chi connectivity index (χ3v) is 7.23. The summed E-state index contributed by atoms with van der Waals surface area (Å²) in [4.78, 5) is 14.5. The van der Waals surface area contributed by atoms with Crippen molar-refractivity contribution in [2.75, 3.05) is 26.7 Å². The van der Waals surface area contributed by atoms with Crippen LogP contribution in [0, 0.1) is 0 Å². The number of β-amino-alcohol motifs (C(OH)–C–C–N with tert-alkyl or cyclic N) is 1. The molecule has 0 bridgehead atoms. The number of carbonyl (C=O) groups is 1. The van der Waals surface area contributed by atoms with Gasteiger partial charge in [-0.25, -0.2) is 8.42 Å². The fourth-order valence-electron chi connectivity index (χ4n) is 3.51. The number of methoxy groups -OCH3 is 1. The second-order valence-electron chi connectivity index (χ2n) is 8.36. The number of benzene rings is 1. The number of amides is 1. The van der Waals surface area contributed by atoms with E-state index in [1.54, 1.807) is 36.3 Å². The standard InChI is InChI=1S/C19H28N2O5S/c1-19(2,3)13-5-7-16(8-6-13)27(24,25)21-10-14(22)9-17(21)18(23)20-11-15(12-20)26-4/h5-8,14-15,17,22H,9-12H2,1-4H3/t14-,17+/m1/s1. The SMILES string of the molecule is COC1CN(C(=O)[C@@H]2C[C@@H](O)CN2S(=O)(=O)c2ccc(C(C)(C)C)cc2)C1. The number of aliphatic hydroxyl groups excluding tert-OH is 1. The third-order valence-electron chi connectivity index (χ3n) is 5.34. The molecule has 0 unspecified atom stereocenters. The molecule has 27 heavy (non-hydrogen) atoms. The third kappa shape index (κ3) is 3.89. The Kier molecular flexibility index (Phi) is 5.37. The van der Waals surface area contributed by atoms with Crippen molar-refractivity contribution in [2.24, 2.45) is 0 Å². The average molecular weight is 397 g/mol. The van der Waals surface area contributed by atoms with Crippen molar-refractivity contribution in [3.05, 3.63) is 29.8 Å². The van der Waals surface area contributed by atoms with E-state index in [4.69, 9.17) is 4.74 Å². The van der Waals surface area contributed by atoms with Crippen molar-refractivity contribution in [1.82, 2.24) is 9.21 Å². The van der Waals surface area contributed by atoms with Gasteiger partial charge in [-0.15, -0.1) is 0 Å². The van der Waals surface area contributed by atoms with Gasteiger partial charge in [0.2, 0.25) is 15.9 Å². The first-order valence-corrected chi connectivity index (χ1v) is 10.6. The molecule has 2 saturated heterocycles. The minimum absolute atomic E-state index is 0.00437. The Morgan fingerprint density at radius 3 is 2.26 bits per heavy atom. The van der Waals surface area contributed by atoms with E-state index in [0.29, 0.717) is 13.1 Å². The zero-order valence-corrected chi connectivity index (χ0v) is 17.1. The summed E-state index contributed by atoms with van der Waals surface area (Å²) in [6, 6.07) is 5.88. The van der Waals surface area contributed by atoms with E-state index >= 15 is 0 Å². The summed E-state index contributed by atoms with van der Waals surface area (Å²) in [5, 5.41) is 10.0. The lowest BCUT2D eigenvalue weighted by molar-refractivity contribution is -0.146. The Morgan fingerprint density at radius 2 is 1.74 bits per heavy atom. The molecule has 1 aromatic rings. The fraction of sp³-hybridized carbons (Fsp3) is 0.632. The van der Waals surface area contributed by atoms with Crippen LogP contribution < -0.4 is 0 Å². The van der Waals surface area contributed by atoms with Crippen LogP contribution in [0.3, 0.4) is 0 Å². The maximum atomic E-state index is 13.1. The summed E-state index contributed by atoms with van der Waals surface area (Å²) in [5.41, 5.74) is 0.946. The van der Waals surface area contributed by atoms with Crippen LogP contribution in [-0.4, -0.2) is 73.6 Å². The van der Waals surface area contributed by atoms with Crippen LogP contribution in [0.2, 0.25) is 0 Å². The molecule has 1 amide bonds. The highest BCUT2D eigenvalue weighted by Gasteiger charge is 2.46. The quantitative estimate of drug-likeness (QED) is 0.819. The lowest BCUT2D eigenvalue weighted by atomic mass is 9.87. The number of rotatable bonds is 4. The number of hydrogen-bond acceptors (Lipinski definition) is 5. The molecule has 8 heteroatoms. The number of hydrogen-bond donors (Lipinski definition) is 1. The molecule has 3 rings (SSSR count). The molecular weight excluding hydrogens is 368 g/mol. The molecule has 7 nitrogen and oxygen atoms in total. The number of ether oxygens (including phenoxy) is 1. The smallest absolute Gasteiger partial charge is 0.243 e. The highest BCUT2D eigenvalue weighted by Crippen LogP contribution is 2.30. The zero-order chi connectivity index (χ0) is 20.0. The largest absolute Gasteiger partial charge is 0.392 e. The van der Waals surface area contributed by atoms with Crippen molar-refractivity contribution in [3.63, 3.8) is 0 Å². The second kappa shape index (κ2) is 7.16. The van der Waals surface area contributed by atoms with Crippen LogP contribution in [0.1, 0.15) is 32.8 Å². The first kappa shape index (κ1) is 20.3. The first-order chi connectivity index (χ1) is 12.5. The lowest BCUT2D eigenvalue weighted by Crippen LogP contribution is -2.59. The number of nitrogens with zero attached hydrogens (tertiary/aromatic N) is 2. The van der Waals surface area contributed by atoms with Crippen molar-refractivity contribution in [2.45, 2.75) is 55.8 Å². The van der Waals surface area contributed by atoms with Gasteiger partial charge >= 0.3 is 0 Å². The monoisotopic (exact) mass is 396 g/mol. The molecule has 1 N–H and O–H groups in total. The van der Waals surface area contributed by atoms with Crippen LogP contribution in [0.4, 0.5) is 0 Å². The van der Waals surface area contributed by atoms with Gasteiger partial charge in [-0.2, -0.15) is 4.31 Å². The van der Waals surface area contributed by atoms with Gasteiger partial charge in [0.25, 0.3) is 0 Å². The Bertz CT molecular complexity index is 794. The van der Waals surface area contributed by atoms with Gasteiger partial charge in [0.15, 0.2) is 0 Å². The molecule has 0 aliphatic carbocycles. The summed E-state index contributed by atoms with van der Waals surface area (Å²) >= 11 is 0. The number of carbonyl (C=O) groups excluding carboxylic acids is 1. The van der Waals surface area contributed by atoms with Crippen LogP contribution in [0.5, 0.6) is 0 Å². The van der Waals surface area contributed by atoms with Gasteiger partial charge in [-0.3, -0.25) is 4.79 Å². The molecule has 2 aliphatic heterocycles. The number of aliphatic hydroxyl groups is 1. The second-order valence-corrected chi connectivity index (χ2v) is 10.2.